The lowest BCUT2D eigenvalue weighted by Crippen LogP contribution is -2.41. The van der Waals surface area contributed by atoms with E-state index in [1.807, 2.05) is 13.0 Å². The third kappa shape index (κ3) is 4.67. The molecule has 0 saturated carbocycles. The molecule has 0 unspecified atom stereocenters. The van der Waals surface area contributed by atoms with Gasteiger partial charge in [-0.1, -0.05) is 0 Å². The van der Waals surface area contributed by atoms with Crippen LogP contribution in [0.5, 0.6) is 0 Å². The van der Waals surface area contributed by atoms with Gasteiger partial charge in [-0.15, -0.1) is 0 Å². The van der Waals surface area contributed by atoms with Crippen LogP contribution in [0.4, 0.5) is 5.82 Å². The Morgan fingerprint density at radius 3 is 2.50 bits per heavy atom. The zero-order valence-corrected chi connectivity index (χ0v) is 17.4. The summed E-state index contributed by atoms with van der Waals surface area (Å²) in [6, 6.07) is 11.6. The van der Waals surface area contributed by atoms with Crippen molar-refractivity contribution in [1.82, 2.24) is 14.1 Å². The summed E-state index contributed by atoms with van der Waals surface area (Å²) in [5.74, 6) is 0.0564. The van der Waals surface area contributed by atoms with Gasteiger partial charge in [0.15, 0.2) is 0 Å². The molecule has 0 radical (unpaired) electrons. The van der Waals surface area contributed by atoms with Crippen LogP contribution in [-0.4, -0.2) is 41.5 Å². The molecule has 3 rings (SSSR count). The van der Waals surface area contributed by atoms with Gasteiger partial charge in [0, 0.05) is 25.1 Å². The summed E-state index contributed by atoms with van der Waals surface area (Å²) >= 11 is 0. The number of carbonyl (C=O) groups excluding carboxylic acids is 1. The Bertz CT molecular complexity index is 1100. The Labute approximate surface area is 175 Å². The van der Waals surface area contributed by atoms with E-state index in [1.165, 1.54) is 28.6 Å². The van der Waals surface area contributed by atoms with Gasteiger partial charge in [0.2, 0.25) is 15.9 Å². The molecular formula is C20H22N6O3S. The smallest absolute Gasteiger partial charge is 0.243 e. The van der Waals surface area contributed by atoms with Crippen molar-refractivity contribution < 1.29 is 13.2 Å². The maximum atomic E-state index is 12.8. The van der Waals surface area contributed by atoms with E-state index in [2.05, 4.69) is 16.5 Å². The normalized spacial score (nSPS) is 15.3. The molecule has 1 aliphatic rings. The van der Waals surface area contributed by atoms with Gasteiger partial charge in [0.05, 0.1) is 41.3 Å². The van der Waals surface area contributed by atoms with Gasteiger partial charge < -0.3 is 5.32 Å². The first-order valence-corrected chi connectivity index (χ1v) is 11.0. The number of rotatable bonds is 6. The number of anilines is 1. The standard InChI is InChI=1S/C20H22N6O3S/c1-15-13-19(26(24-15)10-2-9-21)23-20(27)17-7-11-25(12-8-17)30(28,29)18-5-3-16(14-22)4-6-18/h3-6,13,17H,2,7-8,10-12H2,1H3,(H,23,27). The quantitative estimate of drug-likeness (QED) is 0.751. The molecule has 1 fully saturated rings. The van der Waals surface area contributed by atoms with E-state index in [-0.39, 0.29) is 36.2 Å². The number of piperidine rings is 1. The highest BCUT2D eigenvalue weighted by atomic mass is 32.2. The van der Waals surface area contributed by atoms with Crippen molar-refractivity contribution in [3.63, 3.8) is 0 Å². The zero-order valence-electron chi connectivity index (χ0n) is 16.6. The topological polar surface area (TPSA) is 132 Å². The minimum atomic E-state index is -3.66. The highest BCUT2D eigenvalue weighted by Gasteiger charge is 2.32. The maximum absolute atomic E-state index is 12.8. The second-order valence-corrected chi connectivity index (χ2v) is 9.04. The lowest BCUT2D eigenvalue weighted by atomic mass is 9.97. The molecule has 1 amide bonds. The molecule has 2 heterocycles. The summed E-state index contributed by atoms with van der Waals surface area (Å²) in [5.41, 5.74) is 1.14. The van der Waals surface area contributed by atoms with Crippen molar-refractivity contribution in [2.75, 3.05) is 18.4 Å². The summed E-state index contributed by atoms with van der Waals surface area (Å²) in [6.07, 6.45) is 1.11. The van der Waals surface area contributed by atoms with Crippen molar-refractivity contribution in [1.29, 1.82) is 10.5 Å². The van der Waals surface area contributed by atoms with Gasteiger partial charge in [0.25, 0.3) is 0 Å². The number of carbonyl (C=O) groups is 1. The van der Waals surface area contributed by atoms with Gasteiger partial charge >= 0.3 is 0 Å². The van der Waals surface area contributed by atoms with Crippen LogP contribution < -0.4 is 5.32 Å². The molecule has 2 aromatic rings. The molecular weight excluding hydrogens is 404 g/mol. The molecule has 10 heteroatoms. The number of benzene rings is 1. The molecule has 1 aromatic carbocycles. The summed E-state index contributed by atoms with van der Waals surface area (Å²) in [7, 11) is -3.66. The van der Waals surface area contributed by atoms with Crippen LogP contribution in [0.1, 0.15) is 30.5 Å². The van der Waals surface area contributed by atoms with Gasteiger partial charge in [-0.05, 0) is 44.0 Å². The number of nitrogens with one attached hydrogen (secondary N) is 1. The summed E-state index contributed by atoms with van der Waals surface area (Å²) in [5, 5.41) is 24.8. The van der Waals surface area contributed by atoms with Gasteiger partial charge in [-0.2, -0.15) is 19.9 Å². The number of hydrogen-bond acceptors (Lipinski definition) is 6. The number of hydrogen-bond donors (Lipinski definition) is 1. The second-order valence-electron chi connectivity index (χ2n) is 7.11. The van der Waals surface area contributed by atoms with Crippen molar-refractivity contribution in [3.8, 4) is 12.1 Å². The molecule has 1 aromatic heterocycles. The predicted octanol–water partition coefficient (Wildman–Crippen LogP) is 2.02. The first kappa shape index (κ1) is 21.5. The third-order valence-corrected chi connectivity index (χ3v) is 6.95. The molecule has 0 atom stereocenters. The highest BCUT2D eigenvalue weighted by molar-refractivity contribution is 7.89. The van der Waals surface area contributed by atoms with Crippen LogP contribution >= 0.6 is 0 Å². The molecule has 30 heavy (non-hydrogen) atoms. The largest absolute Gasteiger partial charge is 0.311 e. The van der Waals surface area contributed by atoms with Crippen LogP contribution in [0, 0.1) is 35.5 Å². The van der Waals surface area contributed by atoms with E-state index in [0.717, 1.165) is 5.69 Å². The Balaban J connectivity index is 1.62. The summed E-state index contributed by atoms with van der Waals surface area (Å²) in [4.78, 5) is 12.8. The predicted molar refractivity (Wildman–Crippen MR) is 108 cm³/mol. The third-order valence-electron chi connectivity index (χ3n) is 5.03. The van der Waals surface area contributed by atoms with Crippen LogP contribution in [0.25, 0.3) is 0 Å². The van der Waals surface area contributed by atoms with Crippen molar-refractivity contribution in [2.45, 2.75) is 37.6 Å². The average molecular weight is 427 g/mol. The Morgan fingerprint density at radius 2 is 1.90 bits per heavy atom. The van der Waals surface area contributed by atoms with Gasteiger partial charge in [-0.25, -0.2) is 13.1 Å². The highest BCUT2D eigenvalue weighted by Crippen LogP contribution is 2.25. The molecule has 0 spiro atoms. The van der Waals surface area contributed by atoms with Gasteiger partial charge in [0.1, 0.15) is 5.82 Å². The van der Waals surface area contributed by atoms with Crippen LogP contribution in [-0.2, 0) is 21.4 Å². The van der Waals surface area contributed by atoms with Crippen molar-refractivity contribution in [3.05, 3.63) is 41.6 Å². The number of nitriles is 2. The van der Waals surface area contributed by atoms with E-state index >= 15 is 0 Å². The first-order chi connectivity index (χ1) is 14.3. The Morgan fingerprint density at radius 1 is 1.23 bits per heavy atom. The van der Waals surface area contributed by atoms with Crippen LogP contribution in [0.2, 0.25) is 0 Å². The number of sulfonamides is 1. The van der Waals surface area contributed by atoms with Crippen molar-refractivity contribution in [2.24, 2.45) is 5.92 Å². The number of aryl methyl sites for hydroxylation is 2. The number of aromatic nitrogens is 2. The minimum Gasteiger partial charge on any atom is -0.311 e. The molecule has 9 nitrogen and oxygen atoms in total. The fourth-order valence-electron chi connectivity index (χ4n) is 3.41. The average Bonchev–Trinajstić information content (AvgIpc) is 3.11. The zero-order chi connectivity index (χ0) is 21.7. The van der Waals surface area contributed by atoms with Crippen LogP contribution in [0.15, 0.2) is 35.2 Å². The SMILES string of the molecule is Cc1cc(NC(=O)C2CCN(S(=O)(=O)c3ccc(C#N)cc3)CC2)n(CCC#N)n1. The second kappa shape index (κ2) is 9.08. The molecule has 1 aliphatic heterocycles. The molecule has 156 valence electrons. The van der Waals surface area contributed by atoms with Crippen LogP contribution in [0.3, 0.4) is 0 Å². The summed E-state index contributed by atoms with van der Waals surface area (Å²) in [6.45, 7) is 2.69. The van der Waals surface area contributed by atoms with E-state index in [9.17, 15) is 13.2 Å². The first-order valence-electron chi connectivity index (χ1n) is 9.57. The van der Waals surface area contributed by atoms with E-state index in [1.54, 1.807) is 10.7 Å². The minimum absolute atomic E-state index is 0.140. The summed E-state index contributed by atoms with van der Waals surface area (Å²) < 4.78 is 28.6. The van der Waals surface area contributed by atoms with E-state index in [0.29, 0.717) is 30.8 Å². The molecule has 1 N–H and O–H groups in total. The lowest BCUT2D eigenvalue weighted by molar-refractivity contribution is -0.121. The monoisotopic (exact) mass is 426 g/mol. The number of amides is 1. The van der Waals surface area contributed by atoms with E-state index < -0.39 is 10.0 Å². The van der Waals surface area contributed by atoms with Crippen molar-refractivity contribution >= 4 is 21.7 Å². The Hall–Kier alpha value is -3.21. The van der Waals surface area contributed by atoms with E-state index in [4.69, 9.17) is 10.5 Å². The lowest BCUT2D eigenvalue weighted by Gasteiger charge is -2.30. The molecule has 0 aliphatic carbocycles. The number of nitrogens with zero attached hydrogens (tertiary/aromatic N) is 5. The van der Waals surface area contributed by atoms with Gasteiger partial charge in [-0.3, -0.25) is 4.79 Å². The fourth-order valence-corrected chi connectivity index (χ4v) is 4.88. The molecule has 0 bridgehead atoms. The fraction of sp³-hybridized carbons (Fsp3) is 0.400. The molecule has 1 saturated heterocycles. The maximum Gasteiger partial charge on any atom is 0.243 e. The Kier molecular flexibility index (Phi) is 6.50.